The van der Waals surface area contributed by atoms with Gasteiger partial charge in [0.25, 0.3) is 0 Å². The minimum atomic E-state index is -0.490. The van der Waals surface area contributed by atoms with Gasteiger partial charge in [0.2, 0.25) is 11.8 Å². The molecule has 0 saturated carbocycles. The number of carbonyl (C=O) groups is 2. The van der Waals surface area contributed by atoms with Crippen LogP contribution in [0.2, 0.25) is 0 Å². The summed E-state index contributed by atoms with van der Waals surface area (Å²) in [6.45, 7) is 6.08. The van der Waals surface area contributed by atoms with Gasteiger partial charge < -0.3 is 11.1 Å². The summed E-state index contributed by atoms with van der Waals surface area (Å²) in [5.74, 6) is -0.281. The Morgan fingerprint density at radius 3 is 2.04 bits per heavy atom. The van der Waals surface area contributed by atoms with Gasteiger partial charge in [-0.15, -0.1) is 0 Å². The van der Waals surface area contributed by atoms with Crippen molar-refractivity contribution in [2.24, 2.45) is 11.7 Å². The fourth-order valence-corrected chi connectivity index (χ4v) is 2.65. The van der Waals surface area contributed by atoms with Crippen LogP contribution in [0.3, 0.4) is 0 Å². The average molecular weight is 339 g/mol. The van der Waals surface area contributed by atoms with E-state index >= 15 is 0 Å². The van der Waals surface area contributed by atoms with Gasteiger partial charge in [0, 0.05) is 17.3 Å². The molecule has 132 valence electrons. The molecule has 0 aliphatic carbocycles. The Morgan fingerprint density at radius 1 is 0.920 bits per heavy atom. The summed E-state index contributed by atoms with van der Waals surface area (Å²) in [6, 6.07) is 16.3. The van der Waals surface area contributed by atoms with Crippen molar-refractivity contribution in [1.82, 2.24) is 5.32 Å². The van der Waals surface area contributed by atoms with Gasteiger partial charge in [0.15, 0.2) is 0 Å². The first-order valence-electron chi connectivity index (χ1n) is 8.40. The van der Waals surface area contributed by atoms with Crippen LogP contribution in [-0.4, -0.2) is 17.9 Å². The van der Waals surface area contributed by atoms with Gasteiger partial charge in [-0.3, -0.25) is 14.9 Å². The van der Waals surface area contributed by atoms with Gasteiger partial charge >= 0.3 is 0 Å². The van der Waals surface area contributed by atoms with Gasteiger partial charge in [-0.05, 0) is 42.7 Å². The Bertz CT molecular complexity index is 711. The third-order valence-corrected chi connectivity index (χ3v) is 4.09. The molecule has 0 bridgehead atoms. The SMILES string of the molecule is CC(C)[C@H](N[C@H](C)C(=O)Nc1ccc(C(N)=O)cc1)c1ccccc1. The number of rotatable bonds is 7. The quantitative estimate of drug-likeness (QED) is 0.725. The normalized spacial score (nSPS) is 13.3. The van der Waals surface area contributed by atoms with Crippen LogP contribution in [0.4, 0.5) is 5.69 Å². The van der Waals surface area contributed by atoms with E-state index in [-0.39, 0.29) is 18.0 Å². The fourth-order valence-electron chi connectivity index (χ4n) is 2.65. The molecule has 0 aliphatic heterocycles. The fraction of sp³-hybridized carbons (Fsp3) is 0.300. The number of nitrogens with one attached hydrogen (secondary N) is 2. The van der Waals surface area contributed by atoms with Crippen LogP contribution in [0, 0.1) is 5.92 Å². The van der Waals surface area contributed by atoms with Crippen molar-refractivity contribution in [3.63, 3.8) is 0 Å². The zero-order valence-electron chi connectivity index (χ0n) is 14.8. The average Bonchev–Trinajstić information content (AvgIpc) is 2.60. The van der Waals surface area contributed by atoms with Crippen molar-refractivity contribution in [3.05, 3.63) is 65.7 Å². The molecule has 25 heavy (non-hydrogen) atoms. The van der Waals surface area contributed by atoms with Crippen LogP contribution in [0.25, 0.3) is 0 Å². The van der Waals surface area contributed by atoms with Crippen molar-refractivity contribution in [3.8, 4) is 0 Å². The molecule has 0 radical (unpaired) electrons. The maximum atomic E-state index is 12.5. The second-order valence-electron chi connectivity index (χ2n) is 6.45. The lowest BCUT2D eigenvalue weighted by molar-refractivity contribution is -0.118. The predicted octanol–water partition coefficient (Wildman–Crippen LogP) is 3.10. The van der Waals surface area contributed by atoms with Crippen molar-refractivity contribution in [2.75, 3.05) is 5.32 Å². The van der Waals surface area contributed by atoms with Crippen molar-refractivity contribution >= 4 is 17.5 Å². The molecular formula is C20H25N3O2. The standard InChI is InChI=1S/C20H25N3O2/c1-13(2)18(15-7-5-4-6-8-15)22-14(3)20(25)23-17-11-9-16(10-12-17)19(21)24/h4-14,18,22H,1-3H3,(H2,21,24)(H,23,25)/t14-,18+/m1/s1. The number of amides is 2. The molecular weight excluding hydrogens is 314 g/mol. The Hall–Kier alpha value is -2.66. The van der Waals surface area contributed by atoms with Gasteiger partial charge in [0.05, 0.1) is 6.04 Å². The maximum Gasteiger partial charge on any atom is 0.248 e. The van der Waals surface area contributed by atoms with Crippen LogP contribution < -0.4 is 16.4 Å². The Labute approximate surface area is 148 Å². The highest BCUT2D eigenvalue weighted by molar-refractivity contribution is 5.96. The van der Waals surface area contributed by atoms with E-state index in [1.165, 1.54) is 0 Å². The zero-order chi connectivity index (χ0) is 18.4. The summed E-state index contributed by atoms with van der Waals surface area (Å²) < 4.78 is 0. The monoisotopic (exact) mass is 339 g/mol. The first kappa shape index (κ1) is 18.7. The minimum absolute atomic E-state index is 0.0826. The first-order valence-corrected chi connectivity index (χ1v) is 8.40. The summed E-state index contributed by atoms with van der Waals surface area (Å²) in [7, 11) is 0. The van der Waals surface area contributed by atoms with E-state index in [1.807, 2.05) is 25.1 Å². The second kappa shape index (κ2) is 8.44. The molecule has 0 aromatic heterocycles. The number of hydrogen-bond donors (Lipinski definition) is 3. The summed E-state index contributed by atoms with van der Waals surface area (Å²) in [5.41, 5.74) is 7.41. The Kier molecular flexibility index (Phi) is 6.31. The molecule has 0 unspecified atom stereocenters. The molecule has 2 aromatic rings. The number of hydrogen-bond acceptors (Lipinski definition) is 3. The van der Waals surface area contributed by atoms with E-state index in [1.54, 1.807) is 24.3 Å². The van der Waals surface area contributed by atoms with Crippen LogP contribution in [0.5, 0.6) is 0 Å². The summed E-state index contributed by atoms with van der Waals surface area (Å²) in [5, 5.41) is 6.25. The molecule has 0 aliphatic rings. The number of nitrogens with two attached hydrogens (primary N) is 1. The van der Waals surface area contributed by atoms with E-state index in [0.29, 0.717) is 17.2 Å². The predicted molar refractivity (Wildman–Crippen MR) is 100 cm³/mol. The van der Waals surface area contributed by atoms with E-state index in [0.717, 1.165) is 5.56 Å². The van der Waals surface area contributed by atoms with E-state index in [4.69, 9.17) is 5.73 Å². The Balaban J connectivity index is 2.02. The lowest BCUT2D eigenvalue weighted by Crippen LogP contribution is -2.41. The molecule has 2 aromatic carbocycles. The number of primary amides is 1. The molecule has 0 heterocycles. The number of anilines is 1. The third kappa shape index (κ3) is 5.16. The van der Waals surface area contributed by atoms with Crippen molar-refractivity contribution in [2.45, 2.75) is 32.9 Å². The van der Waals surface area contributed by atoms with Crippen LogP contribution >= 0.6 is 0 Å². The number of benzene rings is 2. The van der Waals surface area contributed by atoms with Crippen molar-refractivity contribution in [1.29, 1.82) is 0 Å². The molecule has 2 atom stereocenters. The van der Waals surface area contributed by atoms with Gasteiger partial charge in [0.1, 0.15) is 0 Å². The maximum absolute atomic E-state index is 12.5. The molecule has 4 N–H and O–H groups in total. The topological polar surface area (TPSA) is 84.2 Å². The molecule has 2 rings (SSSR count). The highest BCUT2D eigenvalue weighted by atomic mass is 16.2. The highest BCUT2D eigenvalue weighted by Crippen LogP contribution is 2.22. The molecule has 5 nitrogen and oxygen atoms in total. The Morgan fingerprint density at radius 2 is 1.52 bits per heavy atom. The van der Waals surface area contributed by atoms with Crippen molar-refractivity contribution < 1.29 is 9.59 Å². The second-order valence-corrected chi connectivity index (χ2v) is 6.45. The lowest BCUT2D eigenvalue weighted by atomic mass is 9.95. The van der Waals surface area contributed by atoms with Crippen LogP contribution in [0.1, 0.15) is 42.7 Å². The molecule has 5 heteroatoms. The van der Waals surface area contributed by atoms with Gasteiger partial charge in [-0.25, -0.2) is 0 Å². The largest absolute Gasteiger partial charge is 0.366 e. The minimum Gasteiger partial charge on any atom is -0.366 e. The summed E-state index contributed by atoms with van der Waals surface area (Å²) >= 11 is 0. The van der Waals surface area contributed by atoms with E-state index < -0.39 is 5.91 Å². The highest BCUT2D eigenvalue weighted by Gasteiger charge is 2.21. The van der Waals surface area contributed by atoms with Gasteiger partial charge in [-0.1, -0.05) is 44.2 Å². The number of carbonyl (C=O) groups excluding carboxylic acids is 2. The summed E-state index contributed by atoms with van der Waals surface area (Å²) in [4.78, 5) is 23.5. The van der Waals surface area contributed by atoms with E-state index in [9.17, 15) is 9.59 Å². The first-order chi connectivity index (χ1) is 11.9. The smallest absolute Gasteiger partial charge is 0.248 e. The molecule has 0 saturated heterocycles. The lowest BCUT2D eigenvalue weighted by Gasteiger charge is -2.26. The van der Waals surface area contributed by atoms with Crippen LogP contribution in [-0.2, 0) is 4.79 Å². The van der Waals surface area contributed by atoms with E-state index in [2.05, 4.69) is 36.6 Å². The molecule has 0 spiro atoms. The zero-order valence-corrected chi connectivity index (χ0v) is 14.8. The van der Waals surface area contributed by atoms with Gasteiger partial charge in [-0.2, -0.15) is 0 Å². The third-order valence-electron chi connectivity index (χ3n) is 4.09. The molecule has 0 fully saturated rings. The summed E-state index contributed by atoms with van der Waals surface area (Å²) in [6.07, 6.45) is 0. The molecule has 2 amide bonds. The van der Waals surface area contributed by atoms with Crippen LogP contribution in [0.15, 0.2) is 54.6 Å².